The fourth-order valence-corrected chi connectivity index (χ4v) is 1.62. The standard InChI is InChI=1S/C13H12N2O4/c1-2-19-9-5-3-4-8(6-9)11-7-10(13(17)18)12(16)15-14-11/h3-7H,2H2,1H3,(H,15,16)(H,17,18). The lowest BCUT2D eigenvalue weighted by atomic mass is 10.1. The highest BCUT2D eigenvalue weighted by Gasteiger charge is 2.11. The first kappa shape index (κ1) is 12.8. The molecule has 0 saturated carbocycles. The molecule has 19 heavy (non-hydrogen) atoms. The van der Waals surface area contributed by atoms with Crippen LogP contribution in [-0.4, -0.2) is 27.9 Å². The molecule has 98 valence electrons. The van der Waals surface area contributed by atoms with E-state index in [0.717, 1.165) is 0 Å². The van der Waals surface area contributed by atoms with E-state index in [0.29, 0.717) is 23.6 Å². The van der Waals surface area contributed by atoms with E-state index >= 15 is 0 Å². The van der Waals surface area contributed by atoms with Crippen LogP contribution in [0.15, 0.2) is 35.1 Å². The van der Waals surface area contributed by atoms with Crippen molar-refractivity contribution in [2.75, 3.05) is 6.61 Å². The number of H-pyrrole nitrogens is 1. The minimum Gasteiger partial charge on any atom is -0.494 e. The lowest BCUT2D eigenvalue weighted by Crippen LogP contribution is -2.18. The van der Waals surface area contributed by atoms with Gasteiger partial charge in [-0.1, -0.05) is 12.1 Å². The summed E-state index contributed by atoms with van der Waals surface area (Å²) in [5.74, 6) is -0.629. The molecule has 6 nitrogen and oxygen atoms in total. The van der Waals surface area contributed by atoms with Crippen LogP contribution in [0.4, 0.5) is 0 Å². The van der Waals surface area contributed by atoms with Crippen LogP contribution < -0.4 is 10.3 Å². The highest BCUT2D eigenvalue weighted by molar-refractivity contribution is 5.88. The predicted molar refractivity (Wildman–Crippen MR) is 68.4 cm³/mol. The van der Waals surface area contributed by atoms with E-state index in [1.54, 1.807) is 24.3 Å². The van der Waals surface area contributed by atoms with Crippen LogP contribution in [0.5, 0.6) is 5.75 Å². The molecule has 6 heteroatoms. The molecule has 0 spiro atoms. The topological polar surface area (TPSA) is 92.3 Å². The molecule has 0 fully saturated rings. The molecular weight excluding hydrogens is 248 g/mol. The van der Waals surface area contributed by atoms with Gasteiger partial charge in [0.15, 0.2) is 0 Å². The monoisotopic (exact) mass is 260 g/mol. The average Bonchev–Trinajstić information content (AvgIpc) is 2.39. The Kier molecular flexibility index (Phi) is 3.61. The van der Waals surface area contributed by atoms with Gasteiger partial charge in [-0.05, 0) is 25.1 Å². The summed E-state index contributed by atoms with van der Waals surface area (Å²) in [4.78, 5) is 22.2. The number of carbonyl (C=O) groups is 1. The first-order valence-electron chi connectivity index (χ1n) is 5.68. The van der Waals surface area contributed by atoms with Gasteiger partial charge >= 0.3 is 5.97 Å². The minimum atomic E-state index is -1.29. The molecule has 1 aromatic carbocycles. The highest BCUT2D eigenvalue weighted by atomic mass is 16.5. The van der Waals surface area contributed by atoms with Gasteiger partial charge in [-0.2, -0.15) is 5.10 Å². The number of carboxylic acid groups (broad SMARTS) is 1. The van der Waals surface area contributed by atoms with E-state index in [1.807, 2.05) is 6.92 Å². The van der Waals surface area contributed by atoms with Crippen molar-refractivity contribution >= 4 is 5.97 Å². The van der Waals surface area contributed by atoms with Crippen LogP contribution in [0.3, 0.4) is 0 Å². The zero-order valence-electron chi connectivity index (χ0n) is 10.2. The summed E-state index contributed by atoms with van der Waals surface area (Å²) in [6, 6.07) is 8.29. The van der Waals surface area contributed by atoms with Crippen molar-refractivity contribution in [1.82, 2.24) is 10.2 Å². The van der Waals surface area contributed by atoms with Crippen LogP contribution in [0, 0.1) is 0 Å². The first-order valence-corrected chi connectivity index (χ1v) is 5.68. The van der Waals surface area contributed by atoms with Gasteiger partial charge in [-0.3, -0.25) is 4.79 Å². The molecule has 2 aromatic rings. The summed E-state index contributed by atoms with van der Waals surface area (Å²) in [5.41, 5.74) is -0.0210. The molecule has 0 bridgehead atoms. The van der Waals surface area contributed by atoms with E-state index in [1.165, 1.54) is 6.07 Å². The molecule has 1 heterocycles. The Hall–Kier alpha value is -2.63. The van der Waals surface area contributed by atoms with Crippen LogP contribution in [0.1, 0.15) is 17.3 Å². The zero-order valence-corrected chi connectivity index (χ0v) is 10.2. The van der Waals surface area contributed by atoms with Gasteiger partial charge in [-0.25, -0.2) is 9.89 Å². The van der Waals surface area contributed by atoms with Crippen LogP contribution in [0.25, 0.3) is 11.3 Å². The number of aromatic carboxylic acids is 1. The van der Waals surface area contributed by atoms with Gasteiger partial charge in [0.25, 0.3) is 5.56 Å². The second-order valence-corrected chi connectivity index (χ2v) is 3.76. The highest BCUT2D eigenvalue weighted by Crippen LogP contribution is 2.21. The van der Waals surface area contributed by atoms with Gasteiger partial charge in [0.1, 0.15) is 11.3 Å². The largest absolute Gasteiger partial charge is 0.494 e. The Balaban J connectivity index is 2.47. The molecule has 0 unspecified atom stereocenters. The minimum absolute atomic E-state index is 0.341. The molecule has 1 aromatic heterocycles. The molecule has 0 radical (unpaired) electrons. The molecular formula is C13H12N2O4. The molecule has 0 atom stereocenters. The summed E-state index contributed by atoms with van der Waals surface area (Å²) in [6.45, 7) is 2.40. The zero-order chi connectivity index (χ0) is 13.8. The number of carboxylic acids is 1. The second kappa shape index (κ2) is 5.34. The Bertz CT molecular complexity index is 664. The third kappa shape index (κ3) is 2.79. The number of rotatable bonds is 4. The van der Waals surface area contributed by atoms with Crippen molar-refractivity contribution in [3.05, 3.63) is 46.2 Å². The quantitative estimate of drug-likeness (QED) is 0.869. The number of ether oxygens (including phenoxy) is 1. The molecule has 2 rings (SSSR count). The summed E-state index contributed by atoms with van der Waals surface area (Å²) < 4.78 is 5.35. The van der Waals surface area contributed by atoms with Crippen molar-refractivity contribution in [2.45, 2.75) is 6.92 Å². The fraction of sp³-hybridized carbons (Fsp3) is 0.154. The third-order valence-corrected chi connectivity index (χ3v) is 2.47. The number of nitrogens with one attached hydrogen (secondary N) is 1. The fourth-order valence-electron chi connectivity index (χ4n) is 1.62. The Morgan fingerprint density at radius 3 is 2.89 bits per heavy atom. The smallest absolute Gasteiger partial charge is 0.341 e. The Morgan fingerprint density at radius 1 is 1.42 bits per heavy atom. The van der Waals surface area contributed by atoms with Crippen molar-refractivity contribution < 1.29 is 14.6 Å². The van der Waals surface area contributed by atoms with Crippen LogP contribution in [0.2, 0.25) is 0 Å². The van der Waals surface area contributed by atoms with E-state index in [9.17, 15) is 9.59 Å². The maximum atomic E-state index is 11.3. The van der Waals surface area contributed by atoms with Crippen molar-refractivity contribution in [3.63, 3.8) is 0 Å². The van der Waals surface area contributed by atoms with E-state index < -0.39 is 11.5 Å². The normalized spacial score (nSPS) is 10.2. The molecule has 2 N–H and O–H groups in total. The van der Waals surface area contributed by atoms with Crippen LogP contribution >= 0.6 is 0 Å². The maximum Gasteiger partial charge on any atom is 0.341 e. The van der Waals surface area contributed by atoms with Gasteiger partial charge in [0.2, 0.25) is 0 Å². The van der Waals surface area contributed by atoms with Gasteiger partial charge in [-0.15, -0.1) is 0 Å². The predicted octanol–water partition coefficient (Wildman–Crippen LogP) is 1.53. The van der Waals surface area contributed by atoms with E-state index in [4.69, 9.17) is 9.84 Å². The van der Waals surface area contributed by atoms with Crippen molar-refractivity contribution in [3.8, 4) is 17.0 Å². The van der Waals surface area contributed by atoms with Gasteiger partial charge in [0, 0.05) is 5.56 Å². The number of hydrogen-bond acceptors (Lipinski definition) is 4. The molecule has 0 amide bonds. The molecule has 0 aliphatic heterocycles. The third-order valence-electron chi connectivity index (χ3n) is 2.47. The maximum absolute atomic E-state index is 11.3. The Morgan fingerprint density at radius 2 is 2.21 bits per heavy atom. The lowest BCUT2D eigenvalue weighted by Gasteiger charge is -2.05. The Labute approximate surface area is 108 Å². The lowest BCUT2D eigenvalue weighted by molar-refractivity contribution is 0.0694. The van der Waals surface area contributed by atoms with Crippen LogP contribution in [-0.2, 0) is 0 Å². The number of benzene rings is 1. The number of hydrogen-bond donors (Lipinski definition) is 2. The summed E-state index contributed by atoms with van der Waals surface area (Å²) in [5, 5.41) is 14.9. The summed E-state index contributed by atoms with van der Waals surface area (Å²) in [6.07, 6.45) is 0. The van der Waals surface area contributed by atoms with Gasteiger partial charge < -0.3 is 9.84 Å². The van der Waals surface area contributed by atoms with E-state index in [2.05, 4.69) is 10.2 Å². The first-order chi connectivity index (χ1) is 9.11. The molecule has 0 saturated heterocycles. The van der Waals surface area contributed by atoms with E-state index in [-0.39, 0.29) is 5.56 Å². The summed E-state index contributed by atoms with van der Waals surface area (Å²) in [7, 11) is 0. The second-order valence-electron chi connectivity index (χ2n) is 3.76. The SMILES string of the molecule is CCOc1cccc(-c2cc(C(=O)O)c(=O)[nH]n2)c1. The number of aromatic amines is 1. The molecule has 0 aliphatic carbocycles. The molecule has 0 aliphatic rings. The van der Waals surface area contributed by atoms with Crippen molar-refractivity contribution in [1.29, 1.82) is 0 Å². The number of aromatic nitrogens is 2. The number of nitrogens with zero attached hydrogens (tertiary/aromatic N) is 1. The average molecular weight is 260 g/mol. The van der Waals surface area contributed by atoms with Gasteiger partial charge in [0.05, 0.1) is 12.3 Å². The summed E-state index contributed by atoms with van der Waals surface area (Å²) >= 11 is 0. The van der Waals surface area contributed by atoms with Crippen molar-refractivity contribution in [2.24, 2.45) is 0 Å².